The number of esters is 1. The van der Waals surface area contributed by atoms with Gasteiger partial charge in [0.1, 0.15) is 31.9 Å². The topological polar surface area (TPSA) is 232 Å². The first-order chi connectivity index (χ1) is 23.7. The second-order valence-corrected chi connectivity index (χ2v) is 11.9. The Morgan fingerprint density at radius 2 is 1.56 bits per heavy atom. The maximum absolute atomic E-state index is 13.2. The van der Waals surface area contributed by atoms with Crippen LogP contribution in [-0.2, 0) is 68.2 Å². The van der Waals surface area contributed by atoms with E-state index in [1.54, 1.807) is 0 Å². The zero-order valence-corrected chi connectivity index (χ0v) is 28.4. The number of carboxylic acid groups (broad SMARTS) is 3. The first-order valence-electron chi connectivity index (χ1n) is 15.8. The highest BCUT2D eigenvalue weighted by Gasteiger charge is 2.86. The molecule has 2 bridgehead atoms. The van der Waals surface area contributed by atoms with Gasteiger partial charge in [0.25, 0.3) is 0 Å². The number of hydrogen-bond acceptors (Lipinski definition) is 14. The molecule has 8 unspecified atom stereocenters. The van der Waals surface area contributed by atoms with E-state index >= 15 is 0 Å². The maximum Gasteiger partial charge on any atom is 0.343 e. The fraction of sp³-hybridized carbons (Fsp3) is 0.636. The molecule has 1 aromatic rings. The SMILES string of the molecule is C=C(CCC12OC(C(=O)O)C(OCOCCOC)(C(=O)O)C(C(=O)O)(O1)C(O)C2OCOCCOC)C(OC(C)=O)C(C)Cc1ccccc1. The van der Waals surface area contributed by atoms with Crippen LogP contribution in [0.25, 0.3) is 0 Å². The van der Waals surface area contributed by atoms with E-state index in [1.165, 1.54) is 21.1 Å². The summed E-state index contributed by atoms with van der Waals surface area (Å²) in [5.74, 6) is -9.51. The molecule has 8 atom stereocenters. The van der Waals surface area contributed by atoms with Crippen LogP contribution in [0.1, 0.15) is 32.3 Å². The van der Waals surface area contributed by atoms with Crippen molar-refractivity contribution in [1.29, 1.82) is 0 Å². The number of aliphatic hydroxyl groups is 1. The van der Waals surface area contributed by atoms with Crippen molar-refractivity contribution in [3.8, 4) is 0 Å². The number of rotatable bonds is 23. The van der Waals surface area contributed by atoms with Crippen LogP contribution in [0.3, 0.4) is 0 Å². The van der Waals surface area contributed by atoms with Crippen molar-refractivity contribution in [2.24, 2.45) is 5.92 Å². The van der Waals surface area contributed by atoms with E-state index in [-0.39, 0.29) is 38.8 Å². The molecule has 1 aromatic carbocycles. The highest BCUT2D eigenvalue weighted by atomic mass is 16.8. The molecule has 17 nitrogen and oxygen atoms in total. The van der Waals surface area contributed by atoms with E-state index in [2.05, 4.69) is 6.58 Å². The summed E-state index contributed by atoms with van der Waals surface area (Å²) in [4.78, 5) is 51.2. The van der Waals surface area contributed by atoms with Crippen LogP contribution in [0.2, 0.25) is 0 Å². The molecule has 0 aliphatic carbocycles. The number of methoxy groups -OCH3 is 2. The van der Waals surface area contributed by atoms with E-state index < -0.39 is 85.3 Å². The normalized spacial score (nSPS) is 28.5. The number of benzene rings is 1. The average Bonchev–Trinajstić information content (AvgIpc) is 3.28. The summed E-state index contributed by atoms with van der Waals surface area (Å²) >= 11 is 0. The van der Waals surface area contributed by atoms with Gasteiger partial charge >= 0.3 is 23.9 Å². The molecule has 0 amide bonds. The van der Waals surface area contributed by atoms with Crippen LogP contribution in [0.15, 0.2) is 42.5 Å². The first-order valence-corrected chi connectivity index (χ1v) is 15.8. The summed E-state index contributed by atoms with van der Waals surface area (Å²) < 4.78 is 49.0. The van der Waals surface area contributed by atoms with Gasteiger partial charge in [0.05, 0.1) is 26.4 Å². The van der Waals surface area contributed by atoms with Crippen molar-refractivity contribution in [2.45, 2.75) is 74.5 Å². The molecule has 3 rings (SSSR count). The predicted molar refractivity (Wildman–Crippen MR) is 168 cm³/mol. The summed E-state index contributed by atoms with van der Waals surface area (Å²) in [5.41, 5.74) is -5.49. The molecule has 0 radical (unpaired) electrons. The zero-order chi connectivity index (χ0) is 37.1. The second-order valence-electron chi connectivity index (χ2n) is 11.9. The summed E-state index contributed by atoms with van der Waals surface area (Å²) in [6.45, 7) is 5.66. The zero-order valence-electron chi connectivity index (χ0n) is 28.4. The van der Waals surface area contributed by atoms with Crippen LogP contribution < -0.4 is 0 Å². The van der Waals surface area contributed by atoms with Crippen LogP contribution >= 0.6 is 0 Å². The minimum atomic E-state index is -3.42. The fourth-order valence-electron chi connectivity index (χ4n) is 6.26. The molecule has 2 saturated heterocycles. The van der Waals surface area contributed by atoms with Crippen LogP contribution in [-0.4, -0.2) is 140 Å². The van der Waals surface area contributed by atoms with Crippen molar-refractivity contribution < 1.29 is 82.2 Å². The molecule has 2 aliphatic heterocycles. The number of aliphatic carboxylic acids is 3. The quantitative estimate of drug-likeness (QED) is 0.0536. The molecule has 0 spiro atoms. The predicted octanol–water partition coefficient (Wildman–Crippen LogP) is 0.994. The van der Waals surface area contributed by atoms with Crippen LogP contribution in [0.5, 0.6) is 0 Å². The molecular formula is C33H46O17. The molecule has 50 heavy (non-hydrogen) atoms. The van der Waals surface area contributed by atoms with Gasteiger partial charge in [-0.1, -0.05) is 43.8 Å². The number of carbonyl (C=O) groups excluding carboxylic acids is 1. The third-order valence-electron chi connectivity index (χ3n) is 8.54. The monoisotopic (exact) mass is 714 g/mol. The van der Waals surface area contributed by atoms with Gasteiger partial charge in [0.15, 0.2) is 0 Å². The highest BCUT2D eigenvalue weighted by molar-refractivity contribution is 5.98. The van der Waals surface area contributed by atoms with Gasteiger partial charge in [-0.15, -0.1) is 0 Å². The van der Waals surface area contributed by atoms with Gasteiger partial charge < -0.3 is 63.1 Å². The molecule has 280 valence electrons. The molecule has 2 aliphatic rings. The van der Waals surface area contributed by atoms with Crippen molar-refractivity contribution in [2.75, 3.05) is 54.2 Å². The minimum Gasteiger partial charge on any atom is -0.479 e. The van der Waals surface area contributed by atoms with Crippen LogP contribution in [0, 0.1) is 5.92 Å². The standard InChI is InChI=1S/C33H46O17/c1-20(24(48-22(3)34)21(2)17-23-9-7-6-8-10-23)11-12-31-26(46-18-44-15-13-42-4)25(35)32(50-31,29(38)39)33(30(40)41,27(49-31)28(36)37)47-19-45-16-14-43-5/h6-10,21,24-27,35H,1,11-19H2,2-5H3,(H,36,37)(H,38,39)(H,40,41). The molecular weight excluding hydrogens is 668 g/mol. The van der Waals surface area contributed by atoms with Gasteiger partial charge in [0, 0.05) is 33.5 Å². The largest absolute Gasteiger partial charge is 0.479 e. The lowest BCUT2D eigenvalue weighted by Crippen LogP contribution is -2.78. The molecule has 0 aromatic heterocycles. The summed E-state index contributed by atoms with van der Waals surface area (Å²) in [5, 5.41) is 43.3. The van der Waals surface area contributed by atoms with Gasteiger partial charge in [-0.3, -0.25) is 4.79 Å². The molecule has 17 heteroatoms. The minimum absolute atomic E-state index is 0.0109. The Bertz CT molecular complexity index is 1320. The maximum atomic E-state index is 13.2. The Morgan fingerprint density at radius 3 is 2.10 bits per heavy atom. The van der Waals surface area contributed by atoms with Gasteiger partial charge in [-0.2, -0.15) is 0 Å². The Kier molecular flexibility index (Phi) is 14.8. The lowest BCUT2D eigenvalue weighted by atomic mass is 9.74. The third kappa shape index (κ3) is 8.50. The molecule has 2 heterocycles. The second kappa shape index (κ2) is 18.1. The van der Waals surface area contributed by atoms with E-state index in [1.807, 2.05) is 37.3 Å². The number of ether oxygens (including phenoxy) is 9. The summed E-state index contributed by atoms with van der Waals surface area (Å²) in [6.07, 6.45) is -7.86. The lowest BCUT2D eigenvalue weighted by Gasteiger charge is -2.50. The van der Waals surface area contributed by atoms with Crippen molar-refractivity contribution in [1.82, 2.24) is 0 Å². The molecule has 4 N–H and O–H groups in total. The van der Waals surface area contributed by atoms with Gasteiger partial charge in [-0.25, -0.2) is 14.4 Å². The molecule has 2 fully saturated rings. The number of hydrogen-bond donors (Lipinski definition) is 4. The smallest absolute Gasteiger partial charge is 0.343 e. The number of carbonyl (C=O) groups is 4. The van der Waals surface area contributed by atoms with Crippen molar-refractivity contribution in [3.63, 3.8) is 0 Å². The van der Waals surface area contributed by atoms with E-state index in [9.17, 15) is 39.6 Å². The summed E-state index contributed by atoms with van der Waals surface area (Å²) in [6, 6.07) is 9.39. The highest BCUT2D eigenvalue weighted by Crippen LogP contribution is 2.57. The van der Waals surface area contributed by atoms with E-state index in [0.717, 1.165) is 5.56 Å². The summed E-state index contributed by atoms with van der Waals surface area (Å²) in [7, 11) is 2.79. The lowest BCUT2D eigenvalue weighted by molar-refractivity contribution is -0.389. The van der Waals surface area contributed by atoms with Gasteiger partial charge in [-0.05, 0) is 24.0 Å². The Hall–Kier alpha value is -3.52. The fourth-order valence-corrected chi connectivity index (χ4v) is 6.26. The van der Waals surface area contributed by atoms with E-state index in [4.69, 9.17) is 42.6 Å². The number of aliphatic hydroxyl groups excluding tert-OH is 1. The van der Waals surface area contributed by atoms with Crippen molar-refractivity contribution >= 4 is 23.9 Å². The van der Waals surface area contributed by atoms with Crippen molar-refractivity contribution in [3.05, 3.63) is 48.0 Å². The number of fused-ring (bicyclic) bond motifs is 2. The Labute approximate surface area is 288 Å². The third-order valence-corrected chi connectivity index (χ3v) is 8.54. The first kappa shape index (κ1) is 40.9. The number of carboxylic acids is 3. The van der Waals surface area contributed by atoms with Gasteiger partial charge in [0.2, 0.25) is 23.1 Å². The van der Waals surface area contributed by atoms with Crippen LogP contribution in [0.4, 0.5) is 0 Å². The Balaban J connectivity index is 2.06. The Morgan fingerprint density at radius 1 is 0.940 bits per heavy atom. The average molecular weight is 715 g/mol. The molecule has 0 saturated carbocycles. The van der Waals surface area contributed by atoms with E-state index in [0.29, 0.717) is 12.0 Å².